The highest BCUT2D eigenvalue weighted by Gasteiger charge is 2.56. The van der Waals surface area contributed by atoms with E-state index in [-0.39, 0.29) is 11.4 Å². The van der Waals surface area contributed by atoms with Gasteiger partial charge in [0.15, 0.2) is 0 Å². The Morgan fingerprint density at radius 1 is 1.21 bits per heavy atom. The molecule has 1 amide bonds. The van der Waals surface area contributed by atoms with Gasteiger partial charge in [0, 0.05) is 0 Å². The summed E-state index contributed by atoms with van der Waals surface area (Å²) in [5.41, 5.74) is 4.87. The molecule has 4 bridgehead atoms. The third-order valence-electron chi connectivity index (χ3n) is 7.07. The highest BCUT2D eigenvalue weighted by molar-refractivity contribution is 7.16. The Kier molecular flexibility index (Phi) is 3.38. The maximum Gasteiger partial charge on any atom is 0.274 e. The minimum absolute atomic E-state index is 0.0193. The SMILES string of the molecule is CC12CC3CC(C1)CC(N=C1NC(=O)/C(=C/c4ccc5ncsc5c4)N1)(C3)C2. The Balaban J connectivity index is 1.28. The lowest BCUT2D eigenvalue weighted by atomic mass is 9.47. The van der Waals surface area contributed by atoms with Crippen LogP contribution >= 0.6 is 11.3 Å². The number of hydrogen-bond donors (Lipinski definition) is 2. The lowest BCUT2D eigenvalue weighted by molar-refractivity contribution is -0.115. The van der Waals surface area contributed by atoms with E-state index in [9.17, 15) is 4.79 Å². The molecule has 5 aliphatic rings. The molecule has 5 fully saturated rings. The smallest absolute Gasteiger partial charge is 0.274 e. The number of benzene rings is 1. The van der Waals surface area contributed by atoms with Gasteiger partial charge in [0.1, 0.15) is 5.70 Å². The van der Waals surface area contributed by atoms with E-state index in [4.69, 9.17) is 4.99 Å². The lowest BCUT2D eigenvalue weighted by Gasteiger charge is -2.59. The third kappa shape index (κ3) is 2.69. The second-order valence-electron chi connectivity index (χ2n) is 9.67. The first kappa shape index (κ1) is 16.7. The third-order valence-corrected chi connectivity index (χ3v) is 7.86. The number of amides is 1. The normalized spacial score (nSPS) is 39.1. The van der Waals surface area contributed by atoms with Gasteiger partial charge in [-0.05, 0) is 79.5 Å². The van der Waals surface area contributed by atoms with Gasteiger partial charge >= 0.3 is 0 Å². The van der Waals surface area contributed by atoms with E-state index in [2.05, 4.69) is 28.6 Å². The molecule has 4 aliphatic carbocycles. The zero-order valence-electron chi connectivity index (χ0n) is 16.0. The summed E-state index contributed by atoms with van der Waals surface area (Å²) in [5, 5.41) is 6.22. The number of guanidine groups is 1. The zero-order valence-corrected chi connectivity index (χ0v) is 16.8. The maximum atomic E-state index is 12.5. The zero-order chi connectivity index (χ0) is 18.9. The van der Waals surface area contributed by atoms with Crippen LogP contribution in [0.2, 0.25) is 0 Å². The minimum Gasteiger partial charge on any atom is -0.321 e. The van der Waals surface area contributed by atoms with E-state index in [0.717, 1.165) is 34.0 Å². The lowest BCUT2D eigenvalue weighted by Crippen LogP contribution is -2.54. The molecule has 5 nitrogen and oxygen atoms in total. The molecule has 2 unspecified atom stereocenters. The van der Waals surface area contributed by atoms with Crippen LogP contribution in [0.3, 0.4) is 0 Å². The molecular weight excluding hydrogens is 368 g/mol. The number of thiazole rings is 1. The molecule has 2 aromatic rings. The van der Waals surface area contributed by atoms with Gasteiger partial charge in [-0.25, -0.2) is 9.98 Å². The minimum atomic E-state index is -0.0981. The van der Waals surface area contributed by atoms with Crippen molar-refractivity contribution in [2.24, 2.45) is 22.2 Å². The fourth-order valence-corrected chi connectivity index (χ4v) is 7.44. The molecule has 0 radical (unpaired) electrons. The number of fused-ring (bicyclic) bond motifs is 1. The number of rotatable bonds is 2. The maximum absolute atomic E-state index is 12.5. The summed E-state index contributed by atoms with van der Waals surface area (Å²) < 4.78 is 1.13. The average molecular weight is 393 g/mol. The van der Waals surface area contributed by atoms with Crippen molar-refractivity contribution in [3.05, 3.63) is 35.0 Å². The molecule has 1 aromatic heterocycles. The van der Waals surface area contributed by atoms with Crippen LogP contribution in [0.1, 0.15) is 51.0 Å². The average Bonchev–Trinajstić information content (AvgIpc) is 3.18. The quantitative estimate of drug-likeness (QED) is 0.757. The van der Waals surface area contributed by atoms with Crippen LogP contribution in [0.15, 0.2) is 34.4 Å². The van der Waals surface area contributed by atoms with Crippen LogP contribution in [-0.2, 0) is 4.79 Å². The number of carbonyl (C=O) groups is 1. The summed E-state index contributed by atoms with van der Waals surface area (Å²) >= 11 is 1.61. The van der Waals surface area contributed by atoms with Gasteiger partial charge in [0.25, 0.3) is 5.91 Å². The first-order valence-corrected chi connectivity index (χ1v) is 11.1. The fraction of sp³-hybridized carbons (Fsp3) is 0.500. The second kappa shape index (κ2) is 5.66. The van der Waals surface area contributed by atoms with Crippen molar-refractivity contribution in [3.8, 4) is 0 Å². The van der Waals surface area contributed by atoms with Crippen LogP contribution in [0.5, 0.6) is 0 Å². The topological polar surface area (TPSA) is 66.4 Å². The number of carbonyl (C=O) groups excluding carboxylic acids is 1. The molecule has 1 aromatic carbocycles. The number of aliphatic imine (C=N–C) groups is 1. The summed E-state index contributed by atoms with van der Waals surface area (Å²) in [7, 11) is 0. The second-order valence-corrected chi connectivity index (χ2v) is 10.6. The van der Waals surface area contributed by atoms with Crippen molar-refractivity contribution in [2.75, 3.05) is 0 Å². The molecule has 28 heavy (non-hydrogen) atoms. The van der Waals surface area contributed by atoms with E-state index in [1.165, 1.54) is 32.1 Å². The van der Waals surface area contributed by atoms with Crippen molar-refractivity contribution >= 4 is 39.5 Å². The summed E-state index contributed by atoms with van der Waals surface area (Å²) in [6, 6.07) is 6.07. The molecule has 1 saturated heterocycles. The summed E-state index contributed by atoms with van der Waals surface area (Å²) in [6.07, 6.45) is 9.53. The number of aromatic nitrogens is 1. The molecule has 2 heterocycles. The Morgan fingerprint density at radius 2 is 2.04 bits per heavy atom. The molecule has 2 N–H and O–H groups in total. The monoisotopic (exact) mass is 392 g/mol. The van der Waals surface area contributed by atoms with Gasteiger partial charge in [0.05, 0.1) is 21.3 Å². The number of nitrogens with zero attached hydrogens (tertiary/aromatic N) is 2. The predicted octanol–water partition coefficient (Wildman–Crippen LogP) is 4.07. The molecule has 0 spiro atoms. The number of hydrogen-bond acceptors (Lipinski definition) is 4. The van der Waals surface area contributed by atoms with Crippen LogP contribution < -0.4 is 10.6 Å². The van der Waals surface area contributed by atoms with Crippen molar-refractivity contribution < 1.29 is 4.79 Å². The summed E-state index contributed by atoms with van der Waals surface area (Å²) in [4.78, 5) is 22.0. The Hall–Kier alpha value is -2.21. The molecule has 2 atom stereocenters. The Morgan fingerprint density at radius 3 is 2.82 bits per heavy atom. The van der Waals surface area contributed by atoms with Gasteiger partial charge in [-0.15, -0.1) is 11.3 Å². The molecule has 144 valence electrons. The van der Waals surface area contributed by atoms with Crippen molar-refractivity contribution in [1.29, 1.82) is 0 Å². The van der Waals surface area contributed by atoms with E-state index in [0.29, 0.717) is 17.1 Å². The predicted molar refractivity (Wildman–Crippen MR) is 112 cm³/mol. The van der Waals surface area contributed by atoms with Gasteiger partial charge in [-0.3, -0.25) is 10.1 Å². The fourth-order valence-electron chi connectivity index (χ4n) is 6.71. The van der Waals surface area contributed by atoms with E-state index < -0.39 is 0 Å². The van der Waals surface area contributed by atoms with Crippen molar-refractivity contribution in [2.45, 2.75) is 51.0 Å². The Labute approximate surface area is 168 Å². The molecule has 1 aliphatic heterocycles. The number of nitrogens with one attached hydrogen (secondary N) is 2. The van der Waals surface area contributed by atoms with Gasteiger partial charge in [-0.2, -0.15) is 0 Å². The molecule has 6 heteroatoms. The largest absolute Gasteiger partial charge is 0.321 e. The highest BCUT2D eigenvalue weighted by atomic mass is 32.1. The summed E-state index contributed by atoms with van der Waals surface area (Å²) in [6.45, 7) is 2.45. The van der Waals surface area contributed by atoms with Gasteiger partial charge < -0.3 is 5.32 Å². The van der Waals surface area contributed by atoms with Crippen LogP contribution in [-0.4, -0.2) is 22.4 Å². The van der Waals surface area contributed by atoms with Gasteiger partial charge in [0.2, 0.25) is 5.96 Å². The van der Waals surface area contributed by atoms with Crippen LogP contribution in [0, 0.1) is 17.3 Å². The van der Waals surface area contributed by atoms with Gasteiger partial charge in [-0.1, -0.05) is 13.0 Å². The summed E-state index contributed by atoms with van der Waals surface area (Å²) in [5.74, 6) is 2.17. The highest BCUT2D eigenvalue weighted by Crippen LogP contribution is 2.62. The molecule has 4 saturated carbocycles. The first-order valence-electron chi connectivity index (χ1n) is 10.2. The molecular formula is C22H24N4OS. The van der Waals surface area contributed by atoms with Crippen molar-refractivity contribution in [3.63, 3.8) is 0 Å². The standard InChI is InChI=1S/C22H24N4OS/c1-21-7-14-4-15(8-21)10-22(9-14,11-21)26-20-24-17(19(27)25-20)5-13-2-3-16-18(6-13)28-12-23-16/h2-3,5-6,12,14-15H,4,7-11H2,1H3,(H2,24,25,26,27)/b17-5-. The Bertz CT molecular complexity index is 1040. The van der Waals surface area contributed by atoms with Crippen LogP contribution in [0.25, 0.3) is 16.3 Å². The van der Waals surface area contributed by atoms with E-state index in [1.54, 1.807) is 11.3 Å². The van der Waals surface area contributed by atoms with E-state index in [1.807, 2.05) is 23.7 Å². The van der Waals surface area contributed by atoms with Crippen LogP contribution in [0.4, 0.5) is 0 Å². The van der Waals surface area contributed by atoms with E-state index >= 15 is 0 Å². The molecule has 7 rings (SSSR count). The van der Waals surface area contributed by atoms with Crippen molar-refractivity contribution in [1.82, 2.24) is 15.6 Å². The first-order chi connectivity index (χ1) is 13.5.